The zero-order valence-corrected chi connectivity index (χ0v) is 10.3. The zero-order chi connectivity index (χ0) is 13.1. The Morgan fingerprint density at radius 2 is 2.06 bits per heavy atom. The summed E-state index contributed by atoms with van der Waals surface area (Å²) >= 11 is 0. The van der Waals surface area contributed by atoms with E-state index >= 15 is 0 Å². The Balaban J connectivity index is 2.83. The van der Waals surface area contributed by atoms with Gasteiger partial charge in [0.05, 0.1) is 11.1 Å². The summed E-state index contributed by atoms with van der Waals surface area (Å²) in [5.74, 6) is 4.53. The molecule has 1 amide bonds. The van der Waals surface area contributed by atoms with Gasteiger partial charge in [0.2, 0.25) is 5.91 Å². The number of hydrazine groups is 1. The molecular weight excluding hydrogens is 221 g/mol. The Hall–Kier alpha value is -1.62. The van der Waals surface area contributed by atoms with Crippen LogP contribution >= 0.6 is 0 Å². The topological polar surface area (TPSA) is 58.4 Å². The molecule has 1 aromatic carbocycles. The van der Waals surface area contributed by atoms with Gasteiger partial charge in [-0.3, -0.25) is 10.2 Å². The Bertz CT molecular complexity index is 406. The Labute approximate surface area is 101 Å². The van der Waals surface area contributed by atoms with Crippen molar-refractivity contribution in [1.82, 2.24) is 5.43 Å². The highest BCUT2D eigenvalue weighted by Gasteiger charge is 2.29. The van der Waals surface area contributed by atoms with Crippen LogP contribution in [0.3, 0.4) is 0 Å². The maximum atomic E-state index is 13.5. The lowest BCUT2D eigenvalue weighted by atomic mass is 9.92. The van der Waals surface area contributed by atoms with Gasteiger partial charge in [0.25, 0.3) is 0 Å². The molecule has 94 valence electrons. The smallest absolute Gasteiger partial charge is 0.241 e. The molecule has 0 fully saturated rings. The van der Waals surface area contributed by atoms with Crippen molar-refractivity contribution < 1.29 is 9.18 Å². The van der Waals surface area contributed by atoms with Crippen LogP contribution in [0.25, 0.3) is 0 Å². The fraction of sp³-hybridized carbons (Fsp3) is 0.417. The molecule has 0 unspecified atom stereocenters. The number of rotatable bonds is 4. The second-order valence-corrected chi connectivity index (χ2v) is 4.66. The van der Waals surface area contributed by atoms with Crippen molar-refractivity contribution in [1.29, 1.82) is 0 Å². The number of halogens is 1. The van der Waals surface area contributed by atoms with Crippen molar-refractivity contribution in [3.8, 4) is 0 Å². The molecule has 0 aliphatic rings. The molecule has 0 saturated heterocycles. The first-order valence-corrected chi connectivity index (χ1v) is 5.35. The minimum Gasteiger partial charge on any atom is -0.371 e. The number of carbonyl (C=O) groups is 1. The van der Waals surface area contributed by atoms with E-state index in [0.717, 1.165) is 0 Å². The fourth-order valence-electron chi connectivity index (χ4n) is 1.71. The number of nitrogens with one attached hydrogen (secondary N) is 1. The summed E-state index contributed by atoms with van der Waals surface area (Å²) in [5, 5.41) is 0. The highest BCUT2D eigenvalue weighted by atomic mass is 19.1. The standard InChI is InChI=1S/C12H18FN3O/c1-12(2,11(17)15-14)8-16(3)10-7-5-4-6-9(10)13/h4-7H,8,14H2,1-3H3,(H,15,17). The van der Waals surface area contributed by atoms with E-state index in [4.69, 9.17) is 5.84 Å². The van der Waals surface area contributed by atoms with Crippen LogP contribution in [0, 0.1) is 11.2 Å². The molecule has 5 heteroatoms. The summed E-state index contributed by atoms with van der Waals surface area (Å²) < 4.78 is 13.5. The van der Waals surface area contributed by atoms with Gasteiger partial charge in [0.15, 0.2) is 0 Å². The van der Waals surface area contributed by atoms with E-state index in [1.54, 1.807) is 44.0 Å². The number of para-hydroxylation sites is 1. The second kappa shape index (κ2) is 5.14. The third-order valence-electron chi connectivity index (χ3n) is 2.64. The number of amides is 1. The average molecular weight is 239 g/mol. The molecule has 17 heavy (non-hydrogen) atoms. The van der Waals surface area contributed by atoms with Gasteiger partial charge in [-0.15, -0.1) is 0 Å². The van der Waals surface area contributed by atoms with E-state index in [1.165, 1.54) is 6.07 Å². The summed E-state index contributed by atoms with van der Waals surface area (Å²) in [6.07, 6.45) is 0. The minimum atomic E-state index is -0.689. The molecular formula is C12H18FN3O. The predicted molar refractivity (Wildman–Crippen MR) is 65.8 cm³/mol. The first-order valence-electron chi connectivity index (χ1n) is 5.35. The SMILES string of the molecule is CN(CC(C)(C)C(=O)NN)c1ccccc1F. The molecule has 0 bridgehead atoms. The van der Waals surface area contributed by atoms with Gasteiger partial charge in [-0.05, 0) is 26.0 Å². The first-order chi connectivity index (χ1) is 7.88. The van der Waals surface area contributed by atoms with Crippen LogP contribution < -0.4 is 16.2 Å². The molecule has 0 aliphatic heterocycles. The van der Waals surface area contributed by atoms with Gasteiger partial charge in [-0.2, -0.15) is 0 Å². The van der Waals surface area contributed by atoms with Crippen molar-refractivity contribution in [3.05, 3.63) is 30.1 Å². The average Bonchev–Trinajstić information content (AvgIpc) is 2.27. The van der Waals surface area contributed by atoms with E-state index in [1.807, 2.05) is 0 Å². The van der Waals surface area contributed by atoms with Gasteiger partial charge in [-0.1, -0.05) is 12.1 Å². The largest absolute Gasteiger partial charge is 0.371 e. The van der Waals surface area contributed by atoms with Crippen LogP contribution in [0.5, 0.6) is 0 Å². The maximum absolute atomic E-state index is 13.5. The van der Waals surface area contributed by atoms with E-state index < -0.39 is 5.41 Å². The van der Waals surface area contributed by atoms with Crippen LogP contribution in [0.1, 0.15) is 13.8 Å². The molecule has 1 rings (SSSR count). The quantitative estimate of drug-likeness (QED) is 0.473. The van der Waals surface area contributed by atoms with Crippen molar-refractivity contribution >= 4 is 11.6 Å². The lowest BCUT2D eigenvalue weighted by Gasteiger charge is -2.30. The molecule has 0 spiro atoms. The van der Waals surface area contributed by atoms with E-state index in [2.05, 4.69) is 5.43 Å². The minimum absolute atomic E-state index is 0.277. The van der Waals surface area contributed by atoms with Gasteiger partial charge < -0.3 is 4.90 Å². The number of hydrogen-bond donors (Lipinski definition) is 2. The Kier molecular flexibility index (Phi) is 4.07. The number of anilines is 1. The highest BCUT2D eigenvalue weighted by Crippen LogP contribution is 2.23. The summed E-state index contributed by atoms with van der Waals surface area (Å²) in [6.45, 7) is 3.88. The van der Waals surface area contributed by atoms with E-state index in [9.17, 15) is 9.18 Å². The Morgan fingerprint density at radius 3 is 2.59 bits per heavy atom. The van der Waals surface area contributed by atoms with E-state index in [0.29, 0.717) is 12.2 Å². The summed E-state index contributed by atoms with van der Waals surface area (Å²) in [5.41, 5.74) is 1.89. The number of nitrogens with two attached hydrogens (primary N) is 1. The van der Waals surface area contributed by atoms with Crippen molar-refractivity contribution in [2.24, 2.45) is 11.3 Å². The van der Waals surface area contributed by atoms with Crippen molar-refractivity contribution in [2.75, 3.05) is 18.5 Å². The normalized spacial score (nSPS) is 11.1. The lowest BCUT2D eigenvalue weighted by molar-refractivity contribution is -0.128. The monoisotopic (exact) mass is 239 g/mol. The van der Waals surface area contributed by atoms with Crippen molar-refractivity contribution in [2.45, 2.75) is 13.8 Å². The molecule has 0 radical (unpaired) electrons. The van der Waals surface area contributed by atoms with Crippen LogP contribution in [-0.4, -0.2) is 19.5 Å². The van der Waals surface area contributed by atoms with Crippen molar-refractivity contribution in [3.63, 3.8) is 0 Å². The van der Waals surface area contributed by atoms with Crippen LogP contribution in [0.15, 0.2) is 24.3 Å². The summed E-state index contributed by atoms with van der Waals surface area (Å²) in [6, 6.07) is 6.45. The predicted octanol–water partition coefficient (Wildman–Crippen LogP) is 1.28. The number of carbonyl (C=O) groups excluding carboxylic acids is 1. The van der Waals surface area contributed by atoms with E-state index in [-0.39, 0.29) is 11.7 Å². The fourth-order valence-corrected chi connectivity index (χ4v) is 1.71. The molecule has 0 atom stereocenters. The summed E-state index contributed by atoms with van der Waals surface area (Å²) in [7, 11) is 1.74. The first kappa shape index (κ1) is 13.4. The molecule has 3 N–H and O–H groups in total. The molecule has 0 heterocycles. The third-order valence-corrected chi connectivity index (χ3v) is 2.64. The molecule has 4 nitrogen and oxygen atoms in total. The number of nitrogens with zero attached hydrogens (tertiary/aromatic N) is 1. The summed E-state index contributed by atoms with van der Waals surface area (Å²) in [4.78, 5) is 13.2. The Morgan fingerprint density at radius 1 is 1.47 bits per heavy atom. The van der Waals surface area contributed by atoms with Crippen LogP contribution in [-0.2, 0) is 4.79 Å². The zero-order valence-electron chi connectivity index (χ0n) is 10.3. The van der Waals surface area contributed by atoms with Crippen LogP contribution in [0.2, 0.25) is 0 Å². The third kappa shape index (κ3) is 3.17. The second-order valence-electron chi connectivity index (χ2n) is 4.66. The highest BCUT2D eigenvalue weighted by molar-refractivity contribution is 5.82. The lowest BCUT2D eigenvalue weighted by Crippen LogP contribution is -2.46. The molecule has 0 aromatic heterocycles. The number of hydrogen-bond acceptors (Lipinski definition) is 3. The maximum Gasteiger partial charge on any atom is 0.241 e. The molecule has 0 saturated carbocycles. The molecule has 0 aliphatic carbocycles. The molecule has 1 aromatic rings. The van der Waals surface area contributed by atoms with Gasteiger partial charge in [0, 0.05) is 13.6 Å². The van der Waals surface area contributed by atoms with Gasteiger partial charge in [0.1, 0.15) is 5.82 Å². The number of benzene rings is 1. The van der Waals surface area contributed by atoms with Gasteiger partial charge >= 0.3 is 0 Å². The van der Waals surface area contributed by atoms with Crippen LogP contribution in [0.4, 0.5) is 10.1 Å². The van der Waals surface area contributed by atoms with Gasteiger partial charge in [-0.25, -0.2) is 10.2 Å².